The molecule has 1 aliphatic heterocycles. The Labute approximate surface area is 167 Å². The van der Waals surface area contributed by atoms with Gasteiger partial charge in [0.05, 0.1) is 16.2 Å². The van der Waals surface area contributed by atoms with Crippen molar-refractivity contribution in [2.24, 2.45) is 10.7 Å². The van der Waals surface area contributed by atoms with Crippen molar-refractivity contribution >= 4 is 40.5 Å². The van der Waals surface area contributed by atoms with Crippen molar-refractivity contribution < 1.29 is 27.5 Å². The summed E-state index contributed by atoms with van der Waals surface area (Å²) < 4.78 is 43.9. The predicted molar refractivity (Wildman–Crippen MR) is 104 cm³/mol. The lowest BCUT2D eigenvalue weighted by Gasteiger charge is -2.07. The highest BCUT2D eigenvalue weighted by Gasteiger charge is 2.30. The van der Waals surface area contributed by atoms with Crippen LogP contribution in [0.3, 0.4) is 0 Å². The minimum atomic E-state index is -4.49. The number of nitrogens with two attached hydrogens (primary N) is 1. The molecular formula is C19H14F3N3O3S. The van der Waals surface area contributed by atoms with Crippen molar-refractivity contribution in [3.05, 3.63) is 64.6 Å². The number of ether oxygens (including phenoxy) is 1. The summed E-state index contributed by atoms with van der Waals surface area (Å²) in [6.07, 6.45) is -2.86. The van der Waals surface area contributed by atoms with Crippen LogP contribution in [0.5, 0.6) is 5.75 Å². The van der Waals surface area contributed by atoms with Crippen LogP contribution in [0.2, 0.25) is 0 Å². The molecule has 3 N–H and O–H groups in total. The highest BCUT2D eigenvalue weighted by Crippen LogP contribution is 2.33. The summed E-state index contributed by atoms with van der Waals surface area (Å²) in [5, 5.41) is 2.12. The van der Waals surface area contributed by atoms with E-state index >= 15 is 0 Å². The maximum atomic E-state index is 12.9. The number of halogens is 3. The fourth-order valence-corrected chi connectivity index (χ4v) is 3.13. The van der Waals surface area contributed by atoms with Gasteiger partial charge in [-0.1, -0.05) is 18.2 Å². The first kappa shape index (κ1) is 20.5. The van der Waals surface area contributed by atoms with Gasteiger partial charge in [0.25, 0.3) is 11.1 Å². The van der Waals surface area contributed by atoms with Gasteiger partial charge in [-0.25, -0.2) is 4.99 Å². The van der Waals surface area contributed by atoms with Gasteiger partial charge in [-0.05, 0) is 53.7 Å². The number of carbonyl (C=O) groups excluding carboxylic acids is 2. The fraction of sp³-hybridized carbons (Fsp3) is 0.105. The molecule has 10 heteroatoms. The molecule has 1 heterocycles. The first-order chi connectivity index (χ1) is 13.7. The minimum absolute atomic E-state index is 0.0575. The molecule has 1 saturated heterocycles. The second-order valence-corrected chi connectivity index (χ2v) is 6.87. The first-order valence-electron chi connectivity index (χ1n) is 8.19. The summed E-state index contributed by atoms with van der Waals surface area (Å²) in [5.74, 6) is -0.0787. The maximum Gasteiger partial charge on any atom is 0.416 e. The zero-order chi connectivity index (χ0) is 21.0. The molecule has 3 rings (SSSR count). The van der Waals surface area contributed by atoms with Crippen LogP contribution in [-0.2, 0) is 11.0 Å². The van der Waals surface area contributed by atoms with Gasteiger partial charge in [0.15, 0.2) is 6.61 Å². The van der Waals surface area contributed by atoms with Crippen LogP contribution in [0.4, 0.5) is 23.7 Å². The van der Waals surface area contributed by atoms with Crippen molar-refractivity contribution in [3.8, 4) is 5.75 Å². The van der Waals surface area contributed by atoms with E-state index in [9.17, 15) is 22.8 Å². The van der Waals surface area contributed by atoms with Gasteiger partial charge in [-0.15, -0.1) is 0 Å². The van der Waals surface area contributed by atoms with E-state index in [0.717, 1.165) is 23.9 Å². The average molecular weight is 421 g/mol. The van der Waals surface area contributed by atoms with Gasteiger partial charge in [0.1, 0.15) is 11.6 Å². The zero-order valence-corrected chi connectivity index (χ0v) is 15.5. The number of thioether (sulfide) groups is 1. The molecule has 2 aromatic carbocycles. The number of primary amides is 1. The lowest BCUT2D eigenvalue weighted by molar-refractivity contribution is -0.137. The number of rotatable bonds is 5. The Morgan fingerprint density at radius 2 is 1.97 bits per heavy atom. The van der Waals surface area contributed by atoms with E-state index < -0.39 is 22.9 Å². The molecule has 0 atom stereocenters. The molecule has 29 heavy (non-hydrogen) atoms. The number of nitrogens with one attached hydrogen (secondary N) is 1. The van der Waals surface area contributed by atoms with Crippen molar-refractivity contribution in [1.29, 1.82) is 0 Å². The number of hydrogen-bond donors (Lipinski definition) is 2. The largest absolute Gasteiger partial charge is 0.484 e. The Hall–Kier alpha value is -3.27. The summed E-state index contributed by atoms with van der Waals surface area (Å²) in [5.41, 5.74) is 4.91. The highest BCUT2D eigenvalue weighted by atomic mass is 32.2. The topological polar surface area (TPSA) is 93.8 Å². The number of nitrogens with zero attached hydrogens (tertiary/aromatic N) is 1. The maximum absolute atomic E-state index is 12.9. The number of aliphatic imine (C=N–C) groups is 1. The quantitative estimate of drug-likeness (QED) is 0.760. The van der Waals surface area contributed by atoms with Crippen LogP contribution in [0.25, 0.3) is 6.08 Å². The number of alkyl halides is 3. The molecule has 1 fully saturated rings. The summed E-state index contributed by atoms with van der Waals surface area (Å²) in [4.78, 5) is 27.2. The molecule has 0 saturated carbocycles. The SMILES string of the molecule is NC(=O)COc1cccc(C=C2SC(=O)NC2=Nc2cccc(C(F)(F)F)c2)c1. The van der Waals surface area contributed by atoms with Gasteiger partial charge in [0.2, 0.25) is 0 Å². The Balaban J connectivity index is 1.89. The van der Waals surface area contributed by atoms with Crippen LogP contribution in [-0.4, -0.2) is 23.6 Å². The van der Waals surface area contributed by atoms with E-state index in [2.05, 4.69) is 10.3 Å². The van der Waals surface area contributed by atoms with Crippen molar-refractivity contribution in [2.75, 3.05) is 6.61 Å². The summed E-state index contributed by atoms with van der Waals surface area (Å²) in [6.45, 7) is -0.281. The van der Waals surface area contributed by atoms with Crippen molar-refractivity contribution in [2.45, 2.75) is 6.18 Å². The van der Waals surface area contributed by atoms with E-state index in [4.69, 9.17) is 10.5 Å². The minimum Gasteiger partial charge on any atom is -0.484 e. The Kier molecular flexibility index (Phi) is 5.92. The Bertz CT molecular complexity index is 1020. The number of amides is 2. The zero-order valence-electron chi connectivity index (χ0n) is 14.7. The van der Waals surface area contributed by atoms with E-state index in [1.54, 1.807) is 30.3 Å². The van der Waals surface area contributed by atoms with E-state index in [0.29, 0.717) is 16.2 Å². The van der Waals surface area contributed by atoms with E-state index in [-0.39, 0.29) is 18.1 Å². The normalized spacial score (nSPS) is 16.9. The Morgan fingerprint density at radius 1 is 1.21 bits per heavy atom. The third-order valence-electron chi connectivity index (χ3n) is 3.61. The molecule has 6 nitrogen and oxygen atoms in total. The third-order valence-corrected chi connectivity index (χ3v) is 4.43. The smallest absolute Gasteiger partial charge is 0.416 e. The third kappa shape index (κ3) is 5.61. The van der Waals surface area contributed by atoms with Crippen LogP contribution >= 0.6 is 11.8 Å². The van der Waals surface area contributed by atoms with Crippen LogP contribution in [0.1, 0.15) is 11.1 Å². The van der Waals surface area contributed by atoms with Crippen LogP contribution in [0, 0.1) is 0 Å². The number of carbonyl (C=O) groups is 2. The standard InChI is InChI=1S/C19H14F3N3O3S/c20-19(21,22)12-4-2-5-13(9-12)24-17-15(29-18(27)25-17)8-11-3-1-6-14(7-11)28-10-16(23)26/h1-9H,10H2,(H2,23,26)(H,24,25,27). The molecule has 0 bridgehead atoms. The summed E-state index contributed by atoms with van der Waals surface area (Å²) in [6, 6.07) is 11.2. The summed E-state index contributed by atoms with van der Waals surface area (Å²) in [7, 11) is 0. The van der Waals surface area contributed by atoms with Crippen molar-refractivity contribution in [1.82, 2.24) is 5.32 Å². The van der Waals surface area contributed by atoms with Crippen LogP contribution in [0.15, 0.2) is 58.4 Å². The second kappa shape index (κ2) is 8.39. The first-order valence-corrected chi connectivity index (χ1v) is 9.00. The van der Waals surface area contributed by atoms with E-state index in [1.807, 2.05) is 0 Å². The van der Waals surface area contributed by atoms with Gasteiger partial charge in [-0.2, -0.15) is 13.2 Å². The predicted octanol–water partition coefficient (Wildman–Crippen LogP) is 4.10. The monoisotopic (exact) mass is 421 g/mol. The van der Waals surface area contributed by atoms with Gasteiger partial charge >= 0.3 is 6.18 Å². The molecule has 0 unspecified atom stereocenters. The summed E-state index contributed by atoms with van der Waals surface area (Å²) >= 11 is 0.865. The molecule has 2 aromatic rings. The number of benzene rings is 2. The highest BCUT2D eigenvalue weighted by molar-refractivity contribution is 8.18. The van der Waals surface area contributed by atoms with Crippen LogP contribution < -0.4 is 15.8 Å². The molecule has 0 aliphatic carbocycles. The molecule has 150 valence electrons. The lowest BCUT2D eigenvalue weighted by atomic mass is 10.2. The number of amidine groups is 1. The van der Waals surface area contributed by atoms with Gasteiger partial charge in [0, 0.05) is 0 Å². The molecule has 2 amide bonds. The molecule has 0 aromatic heterocycles. The molecule has 0 spiro atoms. The molecular weight excluding hydrogens is 407 g/mol. The van der Waals surface area contributed by atoms with Gasteiger partial charge < -0.3 is 15.8 Å². The number of hydrogen-bond acceptors (Lipinski definition) is 5. The lowest BCUT2D eigenvalue weighted by Crippen LogP contribution is -2.20. The second-order valence-electron chi connectivity index (χ2n) is 5.86. The average Bonchev–Trinajstić information content (AvgIpc) is 2.98. The van der Waals surface area contributed by atoms with E-state index in [1.165, 1.54) is 12.1 Å². The van der Waals surface area contributed by atoms with Crippen molar-refractivity contribution in [3.63, 3.8) is 0 Å². The van der Waals surface area contributed by atoms with Gasteiger partial charge in [-0.3, -0.25) is 9.59 Å². The molecule has 0 radical (unpaired) electrons. The molecule has 1 aliphatic rings. The Morgan fingerprint density at radius 3 is 2.69 bits per heavy atom. The fourth-order valence-electron chi connectivity index (χ4n) is 2.39.